The maximum atomic E-state index is 14.8. The van der Waals surface area contributed by atoms with E-state index in [1.807, 2.05) is 71.7 Å². The number of anilines is 1. The average molecular weight is 1300 g/mol. The molecule has 5 N–H and O–H groups in total. The van der Waals surface area contributed by atoms with Crippen molar-refractivity contribution in [3.8, 4) is 0 Å². The fourth-order valence-electron chi connectivity index (χ4n) is 12.0. The first kappa shape index (κ1) is 76.0. The number of unbranched alkanes of at least 4 members (excludes halogenated alkanes) is 2. The molecule has 1 saturated heterocycles. The van der Waals surface area contributed by atoms with E-state index in [2.05, 4.69) is 21.3 Å². The third kappa shape index (κ3) is 20.5. The van der Waals surface area contributed by atoms with Gasteiger partial charge in [-0.25, -0.2) is 17.5 Å². The van der Waals surface area contributed by atoms with E-state index in [0.29, 0.717) is 68.0 Å². The Morgan fingerprint density at radius 1 is 0.744 bits per heavy atom. The minimum Gasteiger partial charge on any atom is -0.480 e. The highest BCUT2D eigenvalue weighted by Gasteiger charge is 2.44. The van der Waals surface area contributed by atoms with Crippen LogP contribution in [0.4, 0.5) is 5.69 Å². The lowest BCUT2D eigenvalue weighted by Crippen LogP contribution is -2.60. The van der Waals surface area contributed by atoms with Gasteiger partial charge in [-0.1, -0.05) is 129 Å². The van der Waals surface area contributed by atoms with Crippen LogP contribution in [-0.4, -0.2) is 195 Å². The first-order valence-corrected chi connectivity index (χ1v) is 33.2. The molecule has 2 aromatic carbocycles. The lowest BCUT2D eigenvalue weighted by molar-refractivity contribution is -0.148. The van der Waals surface area contributed by atoms with E-state index in [4.69, 9.17) is 21.1 Å². The van der Waals surface area contributed by atoms with Crippen molar-refractivity contribution in [2.45, 2.75) is 188 Å². The molecule has 0 radical (unpaired) electrons. The Balaban J connectivity index is 1.34. The number of carbonyl (C=O) groups excluding carboxylic acids is 8. The van der Waals surface area contributed by atoms with Crippen LogP contribution in [0.15, 0.2) is 65.0 Å². The molecule has 0 bridgehead atoms. The number of carboxylic acids is 1. The van der Waals surface area contributed by atoms with E-state index in [9.17, 15) is 56.7 Å². The number of ether oxygens (including phenoxy) is 2. The predicted octanol–water partition coefficient (Wildman–Crippen LogP) is 5.48. The quantitative estimate of drug-likeness (QED) is 0.0528. The van der Waals surface area contributed by atoms with Gasteiger partial charge in [0.1, 0.15) is 24.2 Å². The third-order valence-corrected chi connectivity index (χ3v) is 19.7. The highest BCUT2D eigenvalue weighted by atomic mass is 35.5. The number of hydrogen-bond acceptors (Lipinski definition) is 14. The van der Waals surface area contributed by atoms with Gasteiger partial charge in [0.05, 0.1) is 42.7 Å². The zero-order valence-electron chi connectivity index (χ0n) is 55.3. The molecule has 90 heavy (non-hydrogen) atoms. The standard InChI is InChI=1S/C65H100ClN9O14S/c1-16-42(8)58(50(88-14)37-53(77)74-33-23-26-49(74)59(89-15)43(9)60(79)68-48(65(84)85)36-46-24-19-17-20-25-46)73(13)64(83)56(40(4)5)70-62(81)57(41(6)7)71(11)35-32-45-28-30-47(31-29-45)72(12)63(82)44(10)67-61(80)55(39(2)3)69-52(76)27-21-18-22-34-75-54(78)38-51(66)90(75,86)87/h17,19-20,24-25,28-31,38-44,48-50,55-59H,16,18,21-23,26-27,32-37H2,1-15H3,(H,67,80)(H,68,79)(H,69,76)(H,70,81)(H,84,85)/t42-,43+,44-,48+,49?,50+,55-,56-,57-,58+,59+/m0/s1. The number of amides is 8. The molecule has 2 aromatic rings. The second-order valence-electron chi connectivity index (χ2n) is 25.1. The molecule has 0 aliphatic carbocycles. The molecule has 4 rings (SSSR count). The lowest BCUT2D eigenvalue weighted by Gasteiger charge is -2.41. The van der Waals surface area contributed by atoms with Gasteiger partial charge in [0.25, 0.3) is 15.9 Å². The van der Waals surface area contributed by atoms with Gasteiger partial charge >= 0.3 is 5.97 Å². The zero-order valence-corrected chi connectivity index (χ0v) is 56.9. The minimum atomic E-state index is -4.01. The van der Waals surface area contributed by atoms with Gasteiger partial charge in [0.15, 0.2) is 4.36 Å². The number of nitrogens with zero attached hydrogens (tertiary/aromatic N) is 5. The monoisotopic (exact) mass is 1300 g/mol. The van der Waals surface area contributed by atoms with E-state index in [1.165, 1.54) is 19.1 Å². The SMILES string of the molecule is CC[C@H](C)[C@H]([C@@H](CC(=O)N1CCCC1[C@H](OC)[C@@H](C)C(=O)N[C@H](Cc1ccccc1)C(=O)O)OC)N(C)C(=O)[C@@H](NC(=O)[C@H](C(C)C)N(C)CCc1ccc(N(C)C(=O)[C@H](C)NC(=O)[C@@H](NC(=O)CCCCCN2C(=O)C=C(Cl)S2(=O)=O)C(C)C)cc1)C(C)C. The van der Waals surface area contributed by atoms with E-state index in [1.54, 1.807) is 88.0 Å². The van der Waals surface area contributed by atoms with Gasteiger partial charge in [-0.15, -0.1) is 0 Å². The number of likely N-dealkylation sites (tertiary alicyclic amines) is 1. The molecule has 2 aliphatic rings. The van der Waals surface area contributed by atoms with Crippen molar-refractivity contribution in [2.75, 3.05) is 59.9 Å². The van der Waals surface area contributed by atoms with E-state index < -0.39 is 110 Å². The number of hydrogen-bond donors (Lipinski definition) is 5. The molecule has 2 aliphatic heterocycles. The van der Waals surface area contributed by atoms with Crippen LogP contribution in [0.3, 0.4) is 0 Å². The molecule has 502 valence electrons. The summed E-state index contributed by atoms with van der Waals surface area (Å²) in [6.45, 7) is 19.2. The highest BCUT2D eigenvalue weighted by molar-refractivity contribution is 7.95. The smallest absolute Gasteiger partial charge is 0.326 e. The summed E-state index contributed by atoms with van der Waals surface area (Å²) in [4.78, 5) is 128. The van der Waals surface area contributed by atoms with Crippen LogP contribution < -0.4 is 26.2 Å². The topological polar surface area (TPSA) is 291 Å². The second-order valence-corrected chi connectivity index (χ2v) is 27.5. The number of aliphatic carboxylic acids is 1. The summed E-state index contributed by atoms with van der Waals surface area (Å²) in [6.07, 6.45) is 2.97. The van der Waals surface area contributed by atoms with Crippen molar-refractivity contribution in [3.63, 3.8) is 0 Å². The molecule has 0 aromatic heterocycles. The fraction of sp³-hybridized carbons (Fsp3) is 0.646. The summed E-state index contributed by atoms with van der Waals surface area (Å²) in [5.74, 6) is -6.34. The molecule has 25 heteroatoms. The number of sulfonamides is 1. The van der Waals surface area contributed by atoms with Gasteiger partial charge < -0.3 is 50.5 Å². The number of carbonyl (C=O) groups is 9. The van der Waals surface area contributed by atoms with Crippen LogP contribution in [-0.2, 0) is 75.5 Å². The number of halogens is 1. The largest absolute Gasteiger partial charge is 0.480 e. The summed E-state index contributed by atoms with van der Waals surface area (Å²) in [5, 5.41) is 21.3. The number of carboxylic acid groups (broad SMARTS) is 1. The Morgan fingerprint density at radius 2 is 1.38 bits per heavy atom. The van der Waals surface area contributed by atoms with E-state index in [-0.39, 0.29) is 67.2 Å². The summed E-state index contributed by atoms with van der Waals surface area (Å²) in [7, 11) is 4.12. The molecular formula is C65H100ClN9O14S. The Labute approximate surface area is 538 Å². The van der Waals surface area contributed by atoms with Crippen molar-refractivity contribution < 1.29 is 66.1 Å². The van der Waals surface area contributed by atoms with Crippen LogP contribution in [0.1, 0.15) is 132 Å². The van der Waals surface area contributed by atoms with Gasteiger partial charge in [-0.3, -0.25) is 43.3 Å². The number of rotatable bonds is 36. The molecule has 2 heterocycles. The third-order valence-electron chi connectivity index (χ3n) is 17.4. The average Bonchev–Trinajstić information content (AvgIpc) is 1.65. The van der Waals surface area contributed by atoms with Crippen molar-refractivity contribution in [2.24, 2.45) is 29.6 Å². The second kappa shape index (κ2) is 35.4. The molecule has 1 unspecified atom stereocenters. The van der Waals surface area contributed by atoms with Crippen molar-refractivity contribution >= 4 is 80.5 Å². The molecule has 23 nitrogen and oxygen atoms in total. The van der Waals surface area contributed by atoms with Gasteiger partial charge in [0, 0.05) is 72.6 Å². The molecule has 0 saturated carbocycles. The first-order valence-electron chi connectivity index (χ1n) is 31.4. The number of likely N-dealkylation sites (N-methyl/N-ethyl adjacent to an activating group) is 3. The van der Waals surface area contributed by atoms with E-state index in [0.717, 1.165) is 17.2 Å². The summed E-state index contributed by atoms with van der Waals surface area (Å²) < 4.78 is 36.6. The first-order chi connectivity index (χ1) is 42.3. The Kier molecular flexibility index (Phi) is 29.9. The van der Waals surface area contributed by atoms with Crippen LogP contribution in [0.2, 0.25) is 0 Å². The van der Waals surface area contributed by atoms with Gasteiger partial charge in [0.2, 0.25) is 41.4 Å². The van der Waals surface area contributed by atoms with E-state index >= 15 is 0 Å². The van der Waals surface area contributed by atoms with Crippen molar-refractivity contribution in [3.05, 3.63) is 76.2 Å². The Morgan fingerprint density at radius 3 is 1.92 bits per heavy atom. The molecule has 0 spiro atoms. The minimum absolute atomic E-state index is 0.0571. The number of nitrogens with one attached hydrogen (secondary N) is 4. The zero-order chi connectivity index (χ0) is 67.5. The predicted molar refractivity (Wildman–Crippen MR) is 345 cm³/mol. The van der Waals surface area contributed by atoms with Gasteiger partial charge in [-0.2, -0.15) is 0 Å². The molecular weight excluding hydrogens is 1200 g/mol. The Bertz CT molecular complexity index is 2910. The summed E-state index contributed by atoms with van der Waals surface area (Å²) in [5.41, 5.74) is 2.26. The van der Waals surface area contributed by atoms with Crippen molar-refractivity contribution in [1.29, 1.82) is 0 Å². The fourth-order valence-corrected chi connectivity index (χ4v) is 13.4. The molecule has 1 fully saturated rings. The van der Waals surface area contributed by atoms with Crippen LogP contribution in [0, 0.1) is 29.6 Å². The Hall–Kier alpha value is -6.47. The summed E-state index contributed by atoms with van der Waals surface area (Å²) >= 11 is 5.67. The van der Waals surface area contributed by atoms with Crippen LogP contribution in [0.25, 0.3) is 0 Å². The highest BCUT2D eigenvalue weighted by Crippen LogP contribution is 2.31. The van der Waals surface area contributed by atoms with Gasteiger partial charge in [-0.05, 0) is 93.0 Å². The molecule has 8 amide bonds. The maximum Gasteiger partial charge on any atom is 0.326 e. The normalized spacial score (nSPS) is 18.2. The van der Waals surface area contributed by atoms with Crippen LogP contribution in [0.5, 0.6) is 0 Å². The number of benzene rings is 2. The molecule has 11 atom stereocenters. The maximum absolute atomic E-state index is 14.8. The van der Waals surface area contributed by atoms with Crippen LogP contribution >= 0.6 is 11.6 Å². The number of methoxy groups -OCH3 is 2. The lowest BCUT2D eigenvalue weighted by atomic mass is 9.89. The summed E-state index contributed by atoms with van der Waals surface area (Å²) in [6, 6.07) is 10.7. The van der Waals surface area contributed by atoms with Crippen molar-refractivity contribution in [1.82, 2.24) is 40.3 Å².